The van der Waals surface area contributed by atoms with Gasteiger partial charge in [0.1, 0.15) is 5.75 Å². The van der Waals surface area contributed by atoms with E-state index in [0.717, 1.165) is 37.1 Å². The summed E-state index contributed by atoms with van der Waals surface area (Å²) in [7, 11) is 0. The first-order valence-corrected chi connectivity index (χ1v) is 8.45. The fourth-order valence-corrected chi connectivity index (χ4v) is 3.10. The lowest BCUT2D eigenvalue weighted by Gasteiger charge is -2.34. The largest absolute Gasteiger partial charge is 0.491 e. The number of hydrogen-bond acceptors (Lipinski definition) is 5. The Morgan fingerprint density at radius 1 is 1.42 bits per heavy atom. The predicted molar refractivity (Wildman–Crippen MR) is 88.5 cm³/mol. The van der Waals surface area contributed by atoms with Gasteiger partial charge in [-0.25, -0.2) is 0 Å². The first kappa shape index (κ1) is 16.5. The zero-order valence-corrected chi connectivity index (χ0v) is 14.1. The molecule has 1 aliphatic rings. The van der Waals surface area contributed by atoms with Gasteiger partial charge in [0.15, 0.2) is 5.82 Å². The highest BCUT2D eigenvalue weighted by Crippen LogP contribution is 2.29. The normalized spacial score (nSPS) is 18.0. The topological polar surface area (TPSA) is 68.5 Å². The summed E-state index contributed by atoms with van der Waals surface area (Å²) in [5.41, 5.74) is 0.954. The maximum Gasteiger partial charge on any atom is 0.227 e. The molecule has 128 valence electrons. The highest BCUT2D eigenvalue weighted by molar-refractivity contribution is 5.79. The number of amides is 1. The average Bonchev–Trinajstić information content (AvgIpc) is 3.09. The quantitative estimate of drug-likeness (QED) is 0.843. The third kappa shape index (κ3) is 3.93. The minimum atomic E-state index is -0.0832. The summed E-state index contributed by atoms with van der Waals surface area (Å²) in [6, 6.07) is 7.65. The van der Waals surface area contributed by atoms with Crippen molar-refractivity contribution in [3.05, 3.63) is 42.0 Å². The molecule has 6 nitrogen and oxygen atoms in total. The summed E-state index contributed by atoms with van der Waals surface area (Å²) < 4.78 is 10.6. The number of carbonyl (C=O) groups excluding carboxylic acids is 1. The molecule has 1 aromatic carbocycles. The molecule has 1 aromatic heterocycles. The van der Waals surface area contributed by atoms with Crippen molar-refractivity contribution in [1.82, 2.24) is 15.0 Å². The number of nitrogens with zero attached hydrogens (tertiary/aromatic N) is 3. The van der Waals surface area contributed by atoms with E-state index in [4.69, 9.17) is 9.26 Å². The van der Waals surface area contributed by atoms with E-state index in [1.54, 1.807) is 0 Å². The molecule has 0 N–H and O–H groups in total. The van der Waals surface area contributed by atoms with Crippen molar-refractivity contribution in [1.29, 1.82) is 0 Å². The number of benzene rings is 1. The van der Waals surface area contributed by atoms with Crippen LogP contribution in [0, 0.1) is 0 Å². The van der Waals surface area contributed by atoms with E-state index >= 15 is 0 Å². The van der Waals surface area contributed by atoms with Gasteiger partial charge in [0.2, 0.25) is 12.3 Å². The molecule has 0 bridgehead atoms. The monoisotopic (exact) mass is 329 g/mol. The fourth-order valence-electron chi connectivity index (χ4n) is 3.10. The second-order valence-electron chi connectivity index (χ2n) is 6.38. The van der Waals surface area contributed by atoms with Crippen molar-refractivity contribution in [2.75, 3.05) is 6.54 Å². The molecule has 0 unspecified atom stereocenters. The van der Waals surface area contributed by atoms with Gasteiger partial charge < -0.3 is 14.2 Å². The molecule has 1 saturated heterocycles. The van der Waals surface area contributed by atoms with Gasteiger partial charge in [0.25, 0.3) is 0 Å². The van der Waals surface area contributed by atoms with Gasteiger partial charge in [-0.1, -0.05) is 17.3 Å². The number of hydrogen-bond donors (Lipinski definition) is 0. The van der Waals surface area contributed by atoms with Crippen molar-refractivity contribution in [3.63, 3.8) is 0 Å². The second kappa shape index (κ2) is 7.47. The molecule has 2 aromatic rings. The average molecular weight is 329 g/mol. The lowest BCUT2D eigenvalue weighted by Crippen LogP contribution is -2.39. The molecule has 0 radical (unpaired) electrons. The molecule has 0 saturated carbocycles. The maximum atomic E-state index is 12.8. The summed E-state index contributed by atoms with van der Waals surface area (Å²) in [4.78, 5) is 18.8. The molecule has 24 heavy (non-hydrogen) atoms. The van der Waals surface area contributed by atoms with Crippen LogP contribution in [0.15, 0.2) is 35.2 Å². The maximum absolute atomic E-state index is 12.8. The molecule has 0 spiro atoms. The molecule has 2 heterocycles. The molecular weight excluding hydrogens is 306 g/mol. The van der Waals surface area contributed by atoms with Crippen LogP contribution in [-0.2, 0) is 11.2 Å². The van der Waals surface area contributed by atoms with E-state index in [-0.39, 0.29) is 18.1 Å². The minimum absolute atomic E-state index is 0.0832. The van der Waals surface area contributed by atoms with Crippen LogP contribution in [0.4, 0.5) is 0 Å². The van der Waals surface area contributed by atoms with Crippen LogP contribution in [-0.4, -0.2) is 33.6 Å². The van der Waals surface area contributed by atoms with Crippen molar-refractivity contribution in [3.8, 4) is 5.75 Å². The fraction of sp³-hybridized carbons (Fsp3) is 0.500. The summed E-state index contributed by atoms with van der Waals surface area (Å²) >= 11 is 0. The Morgan fingerprint density at radius 3 is 3.04 bits per heavy atom. The standard InChI is InChI=1S/C18H23N3O3/c1-13(2)24-15-7-5-6-14(10-15)11-17(22)21-9-4-3-8-16(21)18-19-12-23-20-18/h5-7,10,12-13,16H,3-4,8-9,11H2,1-2H3/t16-/m0/s1. The zero-order valence-electron chi connectivity index (χ0n) is 14.1. The molecule has 1 fully saturated rings. The first-order chi connectivity index (χ1) is 11.6. The number of aromatic nitrogens is 2. The van der Waals surface area contributed by atoms with E-state index in [1.165, 1.54) is 6.39 Å². The molecule has 1 amide bonds. The van der Waals surface area contributed by atoms with Crippen LogP contribution >= 0.6 is 0 Å². The number of carbonyl (C=O) groups is 1. The second-order valence-corrected chi connectivity index (χ2v) is 6.38. The van der Waals surface area contributed by atoms with Gasteiger partial charge in [-0.3, -0.25) is 4.79 Å². The van der Waals surface area contributed by atoms with Gasteiger partial charge in [-0.15, -0.1) is 0 Å². The van der Waals surface area contributed by atoms with Crippen molar-refractivity contribution in [2.24, 2.45) is 0 Å². The lowest BCUT2D eigenvalue weighted by molar-refractivity contribution is -0.134. The molecule has 1 atom stereocenters. The summed E-state index contributed by atoms with van der Waals surface area (Å²) in [5, 5.41) is 3.93. The van der Waals surface area contributed by atoms with Gasteiger partial charge in [-0.2, -0.15) is 4.98 Å². The van der Waals surface area contributed by atoms with Crippen LogP contribution < -0.4 is 4.74 Å². The Morgan fingerprint density at radius 2 is 2.29 bits per heavy atom. The smallest absolute Gasteiger partial charge is 0.227 e. The Bertz CT molecular complexity index is 670. The lowest BCUT2D eigenvalue weighted by atomic mass is 10.00. The predicted octanol–water partition coefficient (Wildman–Crippen LogP) is 3.15. The van der Waals surface area contributed by atoms with Gasteiger partial charge in [-0.05, 0) is 50.8 Å². The van der Waals surface area contributed by atoms with Crippen LogP contribution in [0.3, 0.4) is 0 Å². The Labute approximate surface area is 141 Å². The van der Waals surface area contributed by atoms with Crippen LogP contribution in [0.5, 0.6) is 5.75 Å². The number of likely N-dealkylation sites (tertiary alicyclic amines) is 1. The van der Waals surface area contributed by atoms with Gasteiger partial charge >= 0.3 is 0 Å². The summed E-state index contributed by atoms with van der Waals surface area (Å²) in [5.74, 6) is 1.48. The first-order valence-electron chi connectivity index (χ1n) is 8.45. The third-order valence-corrected chi connectivity index (χ3v) is 4.13. The SMILES string of the molecule is CC(C)Oc1cccc(CC(=O)N2CCCC[C@H]2c2ncon2)c1. The summed E-state index contributed by atoms with van der Waals surface area (Å²) in [6.45, 7) is 4.71. The number of ether oxygens (including phenoxy) is 1. The Balaban J connectivity index is 1.71. The molecule has 3 rings (SSSR count). The van der Waals surface area contributed by atoms with E-state index < -0.39 is 0 Å². The molecule has 0 aliphatic carbocycles. The highest BCUT2D eigenvalue weighted by atomic mass is 16.5. The minimum Gasteiger partial charge on any atom is -0.491 e. The van der Waals surface area contributed by atoms with E-state index in [2.05, 4.69) is 10.1 Å². The van der Waals surface area contributed by atoms with Crippen LogP contribution in [0.1, 0.15) is 50.5 Å². The molecule has 6 heteroatoms. The highest BCUT2D eigenvalue weighted by Gasteiger charge is 2.30. The Hall–Kier alpha value is -2.37. The van der Waals surface area contributed by atoms with Crippen LogP contribution in [0.2, 0.25) is 0 Å². The van der Waals surface area contributed by atoms with Crippen molar-refractivity contribution >= 4 is 5.91 Å². The van der Waals surface area contributed by atoms with E-state index in [0.29, 0.717) is 12.2 Å². The molecular formula is C18H23N3O3. The van der Waals surface area contributed by atoms with Crippen LogP contribution in [0.25, 0.3) is 0 Å². The number of rotatable bonds is 5. The molecule has 1 aliphatic heterocycles. The Kier molecular flexibility index (Phi) is 5.13. The zero-order chi connectivity index (χ0) is 16.9. The number of piperidine rings is 1. The third-order valence-electron chi connectivity index (χ3n) is 4.13. The van der Waals surface area contributed by atoms with Crippen molar-refractivity contribution in [2.45, 2.75) is 51.7 Å². The van der Waals surface area contributed by atoms with Gasteiger partial charge in [0.05, 0.1) is 18.6 Å². The van der Waals surface area contributed by atoms with E-state index in [1.807, 2.05) is 43.0 Å². The van der Waals surface area contributed by atoms with E-state index in [9.17, 15) is 4.79 Å². The summed E-state index contributed by atoms with van der Waals surface area (Å²) in [6.07, 6.45) is 4.74. The van der Waals surface area contributed by atoms with Crippen molar-refractivity contribution < 1.29 is 14.1 Å². The van der Waals surface area contributed by atoms with Gasteiger partial charge in [0, 0.05) is 6.54 Å².